The van der Waals surface area contributed by atoms with Crippen LogP contribution in [0.4, 0.5) is 5.69 Å². The Hall–Kier alpha value is -1.66. The van der Waals surface area contributed by atoms with Crippen molar-refractivity contribution in [2.45, 2.75) is 0 Å². The Morgan fingerprint density at radius 1 is 1.14 bits per heavy atom. The first kappa shape index (κ1) is 14.3. The number of carbonyl (C=O) groups excluding carboxylic acids is 2. The van der Waals surface area contributed by atoms with Crippen LogP contribution in [0.3, 0.4) is 0 Å². The smallest absolute Gasteiger partial charge is 0.262 e. The van der Waals surface area contributed by atoms with Crippen molar-refractivity contribution < 1.29 is 14.3 Å². The summed E-state index contributed by atoms with van der Waals surface area (Å²) in [7, 11) is 0. The summed E-state index contributed by atoms with van der Waals surface area (Å²) in [6.45, 7) is -0.0411. The zero-order chi connectivity index (χ0) is 15.0. The predicted octanol–water partition coefficient (Wildman–Crippen LogP) is 3.77. The van der Waals surface area contributed by atoms with Crippen LogP contribution in [0, 0.1) is 0 Å². The number of amides is 1. The second-order valence-corrected chi connectivity index (χ2v) is 6.27. The third-order valence-electron chi connectivity index (χ3n) is 3.05. The molecule has 0 bridgehead atoms. The molecule has 0 aliphatic carbocycles. The molecule has 0 fully saturated rings. The van der Waals surface area contributed by atoms with Crippen LogP contribution in [0.25, 0.3) is 0 Å². The molecule has 106 valence electrons. The summed E-state index contributed by atoms with van der Waals surface area (Å²) < 4.78 is 6.87. The van der Waals surface area contributed by atoms with Crippen LogP contribution in [0.1, 0.15) is 15.9 Å². The third-order valence-corrected chi connectivity index (χ3v) is 4.24. The SMILES string of the molecule is O=C1COc2cc(C(=O)c3ccc(Br)cc3)c(Br)cc2N1. The lowest BCUT2D eigenvalue weighted by atomic mass is 10.0. The molecule has 6 heteroatoms. The number of hydrogen-bond acceptors (Lipinski definition) is 3. The molecule has 2 aromatic carbocycles. The van der Waals surface area contributed by atoms with Gasteiger partial charge in [0, 0.05) is 20.1 Å². The summed E-state index contributed by atoms with van der Waals surface area (Å²) >= 11 is 6.71. The van der Waals surface area contributed by atoms with E-state index < -0.39 is 0 Å². The molecule has 1 amide bonds. The number of halogens is 2. The molecule has 0 saturated heterocycles. The van der Waals surface area contributed by atoms with E-state index in [9.17, 15) is 9.59 Å². The Morgan fingerprint density at radius 3 is 2.57 bits per heavy atom. The van der Waals surface area contributed by atoms with E-state index in [2.05, 4.69) is 37.2 Å². The Balaban J connectivity index is 2.01. The molecule has 2 aromatic rings. The van der Waals surface area contributed by atoms with Crippen molar-refractivity contribution in [2.75, 3.05) is 11.9 Å². The van der Waals surface area contributed by atoms with Gasteiger partial charge in [0.15, 0.2) is 12.4 Å². The topological polar surface area (TPSA) is 55.4 Å². The van der Waals surface area contributed by atoms with Crippen molar-refractivity contribution in [1.82, 2.24) is 0 Å². The molecule has 0 atom stereocenters. The molecule has 4 nitrogen and oxygen atoms in total. The fourth-order valence-electron chi connectivity index (χ4n) is 2.03. The summed E-state index contributed by atoms with van der Waals surface area (Å²) in [5, 5.41) is 2.70. The van der Waals surface area contributed by atoms with E-state index in [0.29, 0.717) is 27.0 Å². The zero-order valence-corrected chi connectivity index (χ0v) is 13.8. The van der Waals surface area contributed by atoms with Crippen LogP contribution in [0.15, 0.2) is 45.3 Å². The van der Waals surface area contributed by atoms with Gasteiger partial charge in [0.05, 0.1) is 5.69 Å². The first-order valence-electron chi connectivity index (χ1n) is 6.11. The average molecular weight is 411 g/mol. The van der Waals surface area contributed by atoms with Crippen LogP contribution in [0.5, 0.6) is 5.75 Å². The first-order chi connectivity index (χ1) is 10.0. The second-order valence-electron chi connectivity index (χ2n) is 4.50. The van der Waals surface area contributed by atoms with Crippen molar-refractivity contribution in [3.63, 3.8) is 0 Å². The molecule has 1 N–H and O–H groups in total. The molecule has 1 heterocycles. The van der Waals surface area contributed by atoms with Crippen molar-refractivity contribution in [1.29, 1.82) is 0 Å². The van der Waals surface area contributed by atoms with Gasteiger partial charge in [0.1, 0.15) is 5.75 Å². The summed E-state index contributed by atoms with van der Waals surface area (Å²) in [4.78, 5) is 23.8. The molecular weight excluding hydrogens is 402 g/mol. The molecule has 3 rings (SSSR count). The Morgan fingerprint density at radius 2 is 1.86 bits per heavy atom. The molecular formula is C15H9Br2NO3. The fraction of sp³-hybridized carbons (Fsp3) is 0.0667. The van der Waals surface area contributed by atoms with E-state index in [-0.39, 0.29) is 18.3 Å². The Bertz CT molecular complexity index is 741. The van der Waals surface area contributed by atoms with E-state index >= 15 is 0 Å². The van der Waals surface area contributed by atoms with E-state index in [0.717, 1.165) is 4.47 Å². The lowest BCUT2D eigenvalue weighted by molar-refractivity contribution is -0.118. The highest BCUT2D eigenvalue weighted by atomic mass is 79.9. The molecule has 1 aliphatic heterocycles. The van der Waals surface area contributed by atoms with Gasteiger partial charge in [-0.15, -0.1) is 0 Å². The number of hydrogen-bond donors (Lipinski definition) is 1. The summed E-state index contributed by atoms with van der Waals surface area (Å²) in [5.74, 6) is 0.178. The van der Waals surface area contributed by atoms with Crippen molar-refractivity contribution in [3.05, 3.63) is 56.5 Å². The zero-order valence-electron chi connectivity index (χ0n) is 10.7. The standard InChI is InChI=1S/C15H9Br2NO3/c16-9-3-1-8(2-4-9)15(20)10-5-13-12(6-11(10)17)18-14(19)7-21-13/h1-6H,7H2,(H,18,19). The molecule has 0 spiro atoms. The Kier molecular flexibility index (Phi) is 3.82. The number of anilines is 1. The van der Waals surface area contributed by atoms with Crippen LogP contribution in [-0.2, 0) is 4.79 Å². The largest absolute Gasteiger partial charge is 0.482 e. The summed E-state index contributed by atoms with van der Waals surface area (Å²) in [6.07, 6.45) is 0. The molecule has 1 aliphatic rings. The van der Waals surface area contributed by atoms with Gasteiger partial charge < -0.3 is 10.1 Å². The van der Waals surface area contributed by atoms with Gasteiger partial charge in [-0.2, -0.15) is 0 Å². The van der Waals surface area contributed by atoms with Crippen molar-refractivity contribution in [3.8, 4) is 5.75 Å². The average Bonchev–Trinajstić information content (AvgIpc) is 2.46. The molecule has 0 radical (unpaired) electrons. The molecule has 0 saturated carbocycles. The number of fused-ring (bicyclic) bond motifs is 1. The van der Waals surface area contributed by atoms with Gasteiger partial charge in [-0.05, 0) is 52.3 Å². The van der Waals surface area contributed by atoms with Gasteiger partial charge in [0.25, 0.3) is 5.91 Å². The van der Waals surface area contributed by atoms with Crippen LogP contribution >= 0.6 is 31.9 Å². The van der Waals surface area contributed by atoms with Crippen molar-refractivity contribution in [2.24, 2.45) is 0 Å². The minimum atomic E-state index is -0.207. The van der Waals surface area contributed by atoms with Crippen LogP contribution in [0.2, 0.25) is 0 Å². The van der Waals surface area contributed by atoms with Crippen LogP contribution in [-0.4, -0.2) is 18.3 Å². The number of carbonyl (C=O) groups is 2. The second kappa shape index (κ2) is 5.61. The molecule has 0 aromatic heterocycles. The van der Waals surface area contributed by atoms with Gasteiger partial charge in [-0.1, -0.05) is 15.9 Å². The van der Waals surface area contributed by atoms with Gasteiger partial charge in [-0.25, -0.2) is 0 Å². The quantitative estimate of drug-likeness (QED) is 0.766. The molecule has 0 unspecified atom stereocenters. The van der Waals surface area contributed by atoms with Gasteiger partial charge in [0.2, 0.25) is 0 Å². The number of rotatable bonds is 2. The van der Waals surface area contributed by atoms with E-state index in [1.54, 1.807) is 24.3 Å². The minimum absolute atomic E-state index is 0.0411. The van der Waals surface area contributed by atoms with E-state index in [1.807, 2.05) is 12.1 Å². The maximum Gasteiger partial charge on any atom is 0.262 e. The Labute approximate surface area is 137 Å². The third kappa shape index (κ3) is 2.87. The lowest BCUT2D eigenvalue weighted by Gasteiger charge is -2.19. The number of benzene rings is 2. The van der Waals surface area contributed by atoms with Crippen LogP contribution < -0.4 is 10.1 Å². The summed E-state index contributed by atoms with van der Waals surface area (Å²) in [6, 6.07) is 10.5. The number of ketones is 1. The van der Waals surface area contributed by atoms with Gasteiger partial charge >= 0.3 is 0 Å². The van der Waals surface area contributed by atoms with Gasteiger partial charge in [-0.3, -0.25) is 9.59 Å². The first-order valence-corrected chi connectivity index (χ1v) is 7.69. The van der Waals surface area contributed by atoms with E-state index in [4.69, 9.17) is 4.74 Å². The molecule has 21 heavy (non-hydrogen) atoms. The predicted molar refractivity (Wildman–Crippen MR) is 85.8 cm³/mol. The highest BCUT2D eigenvalue weighted by Crippen LogP contribution is 2.34. The number of nitrogens with one attached hydrogen (secondary N) is 1. The lowest BCUT2D eigenvalue weighted by Crippen LogP contribution is -2.25. The highest BCUT2D eigenvalue weighted by Gasteiger charge is 2.21. The monoisotopic (exact) mass is 409 g/mol. The van der Waals surface area contributed by atoms with E-state index in [1.165, 1.54) is 0 Å². The summed E-state index contributed by atoms with van der Waals surface area (Å²) in [5.41, 5.74) is 1.64. The minimum Gasteiger partial charge on any atom is -0.482 e. The highest BCUT2D eigenvalue weighted by molar-refractivity contribution is 9.10. The fourth-order valence-corrected chi connectivity index (χ4v) is 2.82. The van der Waals surface area contributed by atoms with Crippen molar-refractivity contribution >= 4 is 49.2 Å². The normalized spacial score (nSPS) is 13.1. The number of ether oxygens (including phenoxy) is 1. The maximum atomic E-state index is 12.5. The maximum absolute atomic E-state index is 12.5.